The molecule has 1 saturated heterocycles. The highest BCUT2D eigenvalue weighted by Gasteiger charge is 2.30. The van der Waals surface area contributed by atoms with Crippen LogP contribution in [-0.2, 0) is 17.8 Å². The maximum atomic E-state index is 12.6. The van der Waals surface area contributed by atoms with Gasteiger partial charge in [0, 0.05) is 26.2 Å². The fraction of sp³-hybridized carbons (Fsp3) is 0.562. The molecule has 1 fully saturated rings. The lowest BCUT2D eigenvalue weighted by molar-refractivity contribution is -0.135. The summed E-state index contributed by atoms with van der Waals surface area (Å²) in [5, 5.41) is 12.5. The number of amides is 1. The van der Waals surface area contributed by atoms with Crippen LogP contribution >= 0.6 is 0 Å². The average Bonchev–Trinajstić information content (AvgIpc) is 2.54. The summed E-state index contributed by atoms with van der Waals surface area (Å²) in [6.45, 7) is 2.59. The first-order valence-corrected chi connectivity index (χ1v) is 7.47. The highest BCUT2D eigenvalue weighted by Crippen LogP contribution is 2.21. The van der Waals surface area contributed by atoms with Gasteiger partial charge < -0.3 is 15.3 Å². The van der Waals surface area contributed by atoms with E-state index in [9.17, 15) is 4.79 Å². The zero-order valence-electron chi connectivity index (χ0n) is 11.7. The van der Waals surface area contributed by atoms with E-state index in [1.807, 2.05) is 17.0 Å². The minimum absolute atomic E-state index is 0.0874. The third-order valence-corrected chi connectivity index (χ3v) is 4.56. The lowest BCUT2D eigenvalue weighted by Gasteiger charge is -2.35. The van der Waals surface area contributed by atoms with E-state index in [0.717, 1.165) is 38.9 Å². The fourth-order valence-electron chi connectivity index (χ4n) is 3.19. The smallest absolute Gasteiger partial charge is 0.240 e. The normalized spacial score (nSPS) is 23.4. The molecule has 1 aromatic carbocycles. The standard InChI is InChI=1S/C16H22N2O2/c19-11-12-5-7-18(8-6-12)16(20)15-9-13-3-1-2-4-14(13)10-17-15/h1-4,12,15,17,19H,5-11H2/t15-/m0/s1. The Kier molecular flexibility index (Phi) is 4.03. The van der Waals surface area contributed by atoms with Crippen LogP contribution in [-0.4, -0.2) is 41.7 Å². The zero-order chi connectivity index (χ0) is 13.9. The number of carbonyl (C=O) groups excluding carboxylic acids is 1. The third-order valence-electron chi connectivity index (χ3n) is 4.56. The Balaban J connectivity index is 1.62. The Morgan fingerprint density at radius 3 is 2.65 bits per heavy atom. The number of rotatable bonds is 2. The maximum Gasteiger partial charge on any atom is 0.240 e. The van der Waals surface area contributed by atoms with Gasteiger partial charge in [-0.05, 0) is 36.3 Å². The monoisotopic (exact) mass is 274 g/mol. The molecule has 0 spiro atoms. The van der Waals surface area contributed by atoms with Gasteiger partial charge in [-0.2, -0.15) is 0 Å². The van der Waals surface area contributed by atoms with E-state index in [1.54, 1.807) is 0 Å². The number of nitrogens with zero attached hydrogens (tertiary/aromatic N) is 1. The number of carbonyl (C=O) groups is 1. The second kappa shape index (κ2) is 5.94. The molecule has 2 heterocycles. The fourth-order valence-corrected chi connectivity index (χ4v) is 3.19. The van der Waals surface area contributed by atoms with E-state index in [4.69, 9.17) is 5.11 Å². The van der Waals surface area contributed by atoms with E-state index >= 15 is 0 Å². The first kappa shape index (κ1) is 13.6. The van der Waals surface area contributed by atoms with E-state index < -0.39 is 0 Å². The Morgan fingerprint density at radius 1 is 1.25 bits per heavy atom. The van der Waals surface area contributed by atoms with Crippen molar-refractivity contribution in [3.05, 3.63) is 35.4 Å². The molecule has 2 N–H and O–H groups in total. The Labute approximate surface area is 119 Å². The van der Waals surface area contributed by atoms with E-state index in [-0.39, 0.29) is 18.6 Å². The summed E-state index contributed by atoms with van der Waals surface area (Å²) < 4.78 is 0. The topological polar surface area (TPSA) is 52.6 Å². The summed E-state index contributed by atoms with van der Waals surface area (Å²) in [4.78, 5) is 14.5. The van der Waals surface area contributed by atoms with Gasteiger partial charge in [0.05, 0.1) is 6.04 Å². The molecule has 108 valence electrons. The quantitative estimate of drug-likeness (QED) is 0.843. The van der Waals surface area contributed by atoms with Crippen molar-refractivity contribution >= 4 is 5.91 Å². The highest BCUT2D eigenvalue weighted by molar-refractivity contribution is 5.82. The zero-order valence-corrected chi connectivity index (χ0v) is 11.7. The van der Waals surface area contributed by atoms with Crippen LogP contribution < -0.4 is 5.32 Å². The van der Waals surface area contributed by atoms with Crippen molar-refractivity contribution in [1.82, 2.24) is 10.2 Å². The van der Waals surface area contributed by atoms with Gasteiger partial charge in [0.15, 0.2) is 0 Å². The summed E-state index contributed by atoms with van der Waals surface area (Å²) in [6.07, 6.45) is 2.63. The molecule has 2 aliphatic heterocycles. The molecule has 1 atom stereocenters. The predicted molar refractivity (Wildman–Crippen MR) is 77.2 cm³/mol. The molecule has 20 heavy (non-hydrogen) atoms. The molecule has 0 radical (unpaired) electrons. The molecular weight excluding hydrogens is 252 g/mol. The molecule has 0 aliphatic carbocycles. The van der Waals surface area contributed by atoms with Crippen LogP contribution in [0.4, 0.5) is 0 Å². The number of likely N-dealkylation sites (tertiary alicyclic amines) is 1. The van der Waals surface area contributed by atoms with Crippen molar-refractivity contribution in [2.75, 3.05) is 19.7 Å². The molecule has 1 amide bonds. The minimum Gasteiger partial charge on any atom is -0.396 e. The van der Waals surface area contributed by atoms with Gasteiger partial charge in [-0.3, -0.25) is 4.79 Å². The number of piperidine rings is 1. The minimum atomic E-state index is -0.0874. The van der Waals surface area contributed by atoms with Crippen molar-refractivity contribution in [3.63, 3.8) is 0 Å². The van der Waals surface area contributed by atoms with E-state index in [2.05, 4.69) is 17.4 Å². The van der Waals surface area contributed by atoms with Crippen LogP contribution in [0.3, 0.4) is 0 Å². The summed E-state index contributed by atoms with van der Waals surface area (Å²) in [7, 11) is 0. The Bertz CT molecular complexity index is 481. The van der Waals surface area contributed by atoms with Crippen molar-refractivity contribution in [3.8, 4) is 0 Å². The summed E-state index contributed by atoms with van der Waals surface area (Å²) in [6, 6.07) is 8.24. The Morgan fingerprint density at radius 2 is 1.95 bits per heavy atom. The second-order valence-corrected chi connectivity index (χ2v) is 5.86. The van der Waals surface area contributed by atoms with E-state index in [0.29, 0.717) is 5.92 Å². The number of nitrogens with one attached hydrogen (secondary N) is 1. The van der Waals surface area contributed by atoms with Crippen LogP contribution in [0.1, 0.15) is 24.0 Å². The third kappa shape index (κ3) is 2.72. The first-order chi connectivity index (χ1) is 9.78. The molecule has 0 saturated carbocycles. The lowest BCUT2D eigenvalue weighted by atomic mass is 9.93. The van der Waals surface area contributed by atoms with Gasteiger partial charge in [-0.15, -0.1) is 0 Å². The number of aliphatic hydroxyl groups is 1. The molecule has 0 bridgehead atoms. The van der Waals surface area contributed by atoms with Crippen LogP contribution in [0.2, 0.25) is 0 Å². The van der Waals surface area contributed by atoms with Gasteiger partial charge in [-0.1, -0.05) is 24.3 Å². The van der Waals surface area contributed by atoms with Crippen molar-refractivity contribution in [1.29, 1.82) is 0 Å². The summed E-state index contributed by atoms with van der Waals surface area (Å²) in [5.74, 6) is 0.593. The summed E-state index contributed by atoms with van der Waals surface area (Å²) in [5.41, 5.74) is 2.59. The molecule has 4 nitrogen and oxygen atoms in total. The molecule has 3 rings (SSSR count). The number of benzene rings is 1. The van der Waals surface area contributed by atoms with Crippen LogP contribution in [0.25, 0.3) is 0 Å². The van der Waals surface area contributed by atoms with Gasteiger partial charge in [0.2, 0.25) is 5.91 Å². The van der Waals surface area contributed by atoms with Crippen molar-refractivity contribution < 1.29 is 9.90 Å². The van der Waals surface area contributed by atoms with E-state index in [1.165, 1.54) is 11.1 Å². The number of fused-ring (bicyclic) bond motifs is 1. The van der Waals surface area contributed by atoms with Crippen molar-refractivity contribution in [2.24, 2.45) is 5.92 Å². The van der Waals surface area contributed by atoms with Gasteiger partial charge in [0.1, 0.15) is 0 Å². The van der Waals surface area contributed by atoms with Crippen molar-refractivity contribution in [2.45, 2.75) is 31.8 Å². The predicted octanol–water partition coefficient (Wildman–Crippen LogP) is 0.932. The maximum absolute atomic E-state index is 12.6. The van der Waals surface area contributed by atoms with Gasteiger partial charge >= 0.3 is 0 Å². The molecule has 4 heteroatoms. The molecule has 0 aromatic heterocycles. The van der Waals surface area contributed by atoms with Crippen LogP contribution in [0, 0.1) is 5.92 Å². The number of hydrogen-bond donors (Lipinski definition) is 2. The first-order valence-electron chi connectivity index (χ1n) is 7.47. The van der Waals surface area contributed by atoms with Gasteiger partial charge in [-0.25, -0.2) is 0 Å². The largest absolute Gasteiger partial charge is 0.396 e. The molecular formula is C16H22N2O2. The molecule has 2 aliphatic rings. The molecule has 0 unspecified atom stereocenters. The van der Waals surface area contributed by atoms with Gasteiger partial charge in [0.25, 0.3) is 0 Å². The highest BCUT2D eigenvalue weighted by atomic mass is 16.3. The average molecular weight is 274 g/mol. The second-order valence-electron chi connectivity index (χ2n) is 5.86. The van der Waals surface area contributed by atoms with Crippen LogP contribution in [0.5, 0.6) is 0 Å². The van der Waals surface area contributed by atoms with Crippen LogP contribution in [0.15, 0.2) is 24.3 Å². The number of hydrogen-bond acceptors (Lipinski definition) is 3. The number of aliphatic hydroxyl groups excluding tert-OH is 1. The lowest BCUT2D eigenvalue weighted by Crippen LogP contribution is -2.51. The Hall–Kier alpha value is -1.39. The summed E-state index contributed by atoms with van der Waals surface area (Å²) >= 11 is 0. The SMILES string of the molecule is O=C([C@@H]1Cc2ccccc2CN1)N1CCC(CO)CC1. The molecule has 1 aromatic rings.